The number of methoxy groups -OCH3 is 2. The lowest BCUT2D eigenvalue weighted by atomic mass is 9.96. The van der Waals surface area contributed by atoms with Crippen LogP contribution in [0.1, 0.15) is 17.9 Å². The fourth-order valence-corrected chi connectivity index (χ4v) is 1.45. The monoisotopic (exact) mass is 240 g/mol. The molecule has 0 heterocycles. The summed E-state index contributed by atoms with van der Waals surface area (Å²) in [7, 11) is 2.44. The highest BCUT2D eigenvalue weighted by Gasteiger charge is 2.25. The third kappa shape index (κ3) is 3.55. The molecule has 1 unspecified atom stereocenters. The number of rotatable bonds is 4. The number of ether oxygens (including phenoxy) is 2. The summed E-state index contributed by atoms with van der Waals surface area (Å²) in [5, 5.41) is 0. The van der Waals surface area contributed by atoms with Gasteiger partial charge in [-0.05, 0) is 17.7 Å². The van der Waals surface area contributed by atoms with Gasteiger partial charge in [-0.1, -0.05) is 12.1 Å². The van der Waals surface area contributed by atoms with E-state index in [-0.39, 0.29) is 6.42 Å². The first-order chi connectivity index (χ1) is 8.08. The standard InChI is InChI=1S/C12H13FO4/c1-16-11(14)7-10(12(15)17-2)8-4-3-5-9(13)6-8/h3-6,10H,7H2,1-2H3. The van der Waals surface area contributed by atoms with Crippen LogP contribution in [0.2, 0.25) is 0 Å². The first-order valence-electron chi connectivity index (χ1n) is 4.98. The Hall–Kier alpha value is -1.91. The molecule has 0 saturated heterocycles. The van der Waals surface area contributed by atoms with E-state index in [0.717, 1.165) is 0 Å². The van der Waals surface area contributed by atoms with Crippen LogP contribution >= 0.6 is 0 Å². The molecule has 1 rings (SSSR count). The molecule has 0 saturated carbocycles. The maximum absolute atomic E-state index is 13.0. The zero-order chi connectivity index (χ0) is 12.8. The lowest BCUT2D eigenvalue weighted by Crippen LogP contribution is -2.19. The SMILES string of the molecule is COC(=O)CC(C(=O)OC)c1cccc(F)c1. The second-order valence-electron chi connectivity index (χ2n) is 3.41. The number of carbonyl (C=O) groups excluding carboxylic acids is 2. The molecule has 5 heteroatoms. The van der Waals surface area contributed by atoms with Gasteiger partial charge < -0.3 is 9.47 Å². The van der Waals surface area contributed by atoms with Crippen molar-refractivity contribution in [1.82, 2.24) is 0 Å². The van der Waals surface area contributed by atoms with Gasteiger partial charge >= 0.3 is 11.9 Å². The van der Waals surface area contributed by atoms with Crippen LogP contribution < -0.4 is 0 Å². The fraction of sp³-hybridized carbons (Fsp3) is 0.333. The van der Waals surface area contributed by atoms with E-state index >= 15 is 0 Å². The lowest BCUT2D eigenvalue weighted by molar-refractivity contribution is -0.149. The predicted molar refractivity (Wildman–Crippen MR) is 57.8 cm³/mol. The Balaban J connectivity index is 2.97. The van der Waals surface area contributed by atoms with Crippen molar-refractivity contribution < 1.29 is 23.5 Å². The highest BCUT2D eigenvalue weighted by molar-refractivity contribution is 5.84. The van der Waals surface area contributed by atoms with Gasteiger partial charge in [-0.15, -0.1) is 0 Å². The van der Waals surface area contributed by atoms with Crippen molar-refractivity contribution in [3.05, 3.63) is 35.6 Å². The maximum Gasteiger partial charge on any atom is 0.313 e. The highest BCUT2D eigenvalue weighted by atomic mass is 19.1. The van der Waals surface area contributed by atoms with Crippen molar-refractivity contribution >= 4 is 11.9 Å². The van der Waals surface area contributed by atoms with Gasteiger partial charge in [0.1, 0.15) is 5.82 Å². The van der Waals surface area contributed by atoms with Gasteiger partial charge in [0.25, 0.3) is 0 Å². The van der Waals surface area contributed by atoms with Crippen LogP contribution in [0.5, 0.6) is 0 Å². The molecule has 1 atom stereocenters. The molecule has 0 aliphatic heterocycles. The summed E-state index contributed by atoms with van der Waals surface area (Å²) in [5.74, 6) is -2.46. The summed E-state index contributed by atoms with van der Waals surface area (Å²) in [4.78, 5) is 22.7. The molecule has 0 fully saturated rings. The minimum atomic E-state index is -0.844. The average molecular weight is 240 g/mol. The second-order valence-corrected chi connectivity index (χ2v) is 3.41. The van der Waals surface area contributed by atoms with E-state index in [1.165, 1.54) is 32.4 Å². The number of hydrogen-bond donors (Lipinski definition) is 0. The largest absolute Gasteiger partial charge is 0.469 e. The molecule has 0 N–H and O–H groups in total. The molecule has 1 aromatic rings. The van der Waals surface area contributed by atoms with Crippen molar-refractivity contribution in [2.24, 2.45) is 0 Å². The van der Waals surface area contributed by atoms with E-state index in [9.17, 15) is 14.0 Å². The van der Waals surface area contributed by atoms with Crippen LogP contribution in [-0.2, 0) is 19.1 Å². The minimum absolute atomic E-state index is 0.174. The zero-order valence-electron chi connectivity index (χ0n) is 9.60. The van der Waals surface area contributed by atoms with Gasteiger partial charge in [-0.3, -0.25) is 9.59 Å². The molecule has 0 aliphatic rings. The Bertz CT molecular complexity index is 417. The van der Waals surface area contributed by atoms with Crippen LogP contribution in [0.15, 0.2) is 24.3 Å². The summed E-state index contributed by atoms with van der Waals surface area (Å²) < 4.78 is 22.1. The summed E-state index contributed by atoms with van der Waals surface area (Å²) in [5.41, 5.74) is 0.391. The number of benzene rings is 1. The first-order valence-corrected chi connectivity index (χ1v) is 4.98. The van der Waals surface area contributed by atoms with Gasteiger partial charge in [0.15, 0.2) is 0 Å². The van der Waals surface area contributed by atoms with E-state index in [0.29, 0.717) is 5.56 Å². The average Bonchev–Trinajstić information content (AvgIpc) is 2.34. The summed E-state index contributed by atoms with van der Waals surface area (Å²) in [6.45, 7) is 0. The van der Waals surface area contributed by atoms with Crippen LogP contribution in [0.4, 0.5) is 4.39 Å². The molecule has 0 spiro atoms. The summed E-state index contributed by atoms with van der Waals surface area (Å²) in [6, 6.07) is 5.49. The van der Waals surface area contributed by atoms with Gasteiger partial charge in [0, 0.05) is 0 Å². The van der Waals surface area contributed by atoms with Gasteiger partial charge in [0.05, 0.1) is 26.6 Å². The van der Waals surface area contributed by atoms with Crippen molar-refractivity contribution in [3.63, 3.8) is 0 Å². The van der Waals surface area contributed by atoms with Crippen LogP contribution in [0.25, 0.3) is 0 Å². The van der Waals surface area contributed by atoms with E-state index in [1.807, 2.05) is 0 Å². The van der Waals surface area contributed by atoms with Gasteiger partial charge in [0.2, 0.25) is 0 Å². The smallest absolute Gasteiger partial charge is 0.313 e. The van der Waals surface area contributed by atoms with Crippen LogP contribution in [0, 0.1) is 5.82 Å². The number of halogens is 1. The van der Waals surface area contributed by atoms with E-state index < -0.39 is 23.7 Å². The van der Waals surface area contributed by atoms with Gasteiger partial charge in [-0.2, -0.15) is 0 Å². The number of hydrogen-bond acceptors (Lipinski definition) is 4. The van der Waals surface area contributed by atoms with E-state index in [2.05, 4.69) is 9.47 Å². The molecular formula is C12H13FO4. The Morgan fingerprint density at radius 2 is 2.00 bits per heavy atom. The molecule has 17 heavy (non-hydrogen) atoms. The molecule has 0 aromatic heterocycles. The number of esters is 2. The Morgan fingerprint density at radius 3 is 2.53 bits per heavy atom. The summed E-state index contributed by atoms with van der Waals surface area (Å²) >= 11 is 0. The second kappa shape index (κ2) is 5.98. The minimum Gasteiger partial charge on any atom is -0.469 e. The fourth-order valence-electron chi connectivity index (χ4n) is 1.45. The number of carbonyl (C=O) groups is 2. The molecule has 0 bridgehead atoms. The normalized spacial score (nSPS) is 11.7. The van der Waals surface area contributed by atoms with Crippen LogP contribution in [0.3, 0.4) is 0 Å². The molecule has 0 radical (unpaired) electrons. The predicted octanol–water partition coefficient (Wildman–Crippen LogP) is 1.65. The summed E-state index contributed by atoms with van der Waals surface area (Å²) in [6.07, 6.45) is -0.174. The van der Waals surface area contributed by atoms with Crippen LogP contribution in [-0.4, -0.2) is 26.2 Å². The molecule has 4 nitrogen and oxygen atoms in total. The zero-order valence-corrected chi connectivity index (χ0v) is 9.60. The molecule has 1 aromatic carbocycles. The Labute approximate surface area is 98.3 Å². The van der Waals surface area contributed by atoms with Crippen molar-refractivity contribution in [2.45, 2.75) is 12.3 Å². The molecule has 0 aliphatic carbocycles. The highest BCUT2D eigenvalue weighted by Crippen LogP contribution is 2.22. The first kappa shape index (κ1) is 13.2. The quantitative estimate of drug-likeness (QED) is 0.751. The Morgan fingerprint density at radius 1 is 1.29 bits per heavy atom. The van der Waals surface area contributed by atoms with Crippen molar-refractivity contribution in [2.75, 3.05) is 14.2 Å². The molecule has 0 amide bonds. The Kier molecular flexibility index (Phi) is 4.63. The van der Waals surface area contributed by atoms with Crippen molar-refractivity contribution in [1.29, 1.82) is 0 Å². The van der Waals surface area contributed by atoms with E-state index in [1.54, 1.807) is 6.07 Å². The van der Waals surface area contributed by atoms with Gasteiger partial charge in [-0.25, -0.2) is 4.39 Å². The van der Waals surface area contributed by atoms with E-state index in [4.69, 9.17) is 0 Å². The molecule has 92 valence electrons. The third-order valence-corrected chi connectivity index (χ3v) is 2.34. The third-order valence-electron chi connectivity index (χ3n) is 2.34. The lowest BCUT2D eigenvalue weighted by Gasteiger charge is -2.13. The van der Waals surface area contributed by atoms with Crippen molar-refractivity contribution in [3.8, 4) is 0 Å². The topological polar surface area (TPSA) is 52.6 Å². The maximum atomic E-state index is 13.0. The molecular weight excluding hydrogens is 227 g/mol.